The Morgan fingerprint density at radius 1 is 1.00 bits per heavy atom. The van der Waals surface area contributed by atoms with E-state index in [4.69, 9.17) is 57.9 Å². The second kappa shape index (κ2) is 3.01. The smallest absolute Gasteiger partial charge is 0.233 e. The van der Waals surface area contributed by atoms with Crippen LogP contribution in [0.15, 0.2) is 0 Å². The van der Waals surface area contributed by atoms with Gasteiger partial charge in [0.25, 0.3) is 0 Å². The number of hydrogen-bond acceptors (Lipinski definition) is 3. The van der Waals surface area contributed by atoms with Crippen LogP contribution < -0.4 is 11.5 Å². The molecule has 0 amide bonds. The summed E-state index contributed by atoms with van der Waals surface area (Å²) in [7, 11) is 0. The summed E-state index contributed by atoms with van der Waals surface area (Å²) in [6.45, 7) is 0. The van der Waals surface area contributed by atoms with Crippen molar-refractivity contribution in [1.82, 2.24) is 0 Å². The van der Waals surface area contributed by atoms with Gasteiger partial charge in [-0.05, 0) is 0 Å². The van der Waals surface area contributed by atoms with Crippen molar-refractivity contribution in [2.45, 2.75) is 8.91 Å². The Hall–Kier alpha value is 0.750. The van der Waals surface area contributed by atoms with Crippen LogP contribution in [0.25, 0.3) is 0 Å². The van der Waals surface area contributed by atoms with Gasteiger partial charge in [0.05, 0.1) is 0 Å². The van der Waals surface area contributed by atoms with Crippen molar-refractivity contribution in [3.05, 3.63) is 0 Å². The third-order valence-corrected chi connectivity index (χ3v) is 1.29. The van der Waals surface area contributed by atoms with Gasteiger partial charge in [-0.2, -0.15) is 0 Å². The van der Waals surface area contributed by atoms with Gasteiger partial charge in [-0.1, -0.05) is 46.4 Å². The van der Waals surface area contributed by atoms with Crippen molar-refractivity contribution in [3.63, 3.8) is 0 Å². The minimum absolute atomic E-state index is 1.06. The van der Waals surface area contributed by atoms with Gasteiger partial charge in [0.15, 0.2) is 0 Å². The second-order valence-corrected chi connectivity index (χ2v) is 4.35. The summed E-state index contributed by atoms with van der Waals surface area (Å²) in [6.07, 6.45) is 0. The Morgan fingerprint density at radius 3 is 1.20 bits per heavy atom. The molecule has 0 rings (SSSR count). The van der Waals surface area contributed by atoms with Crippen molar-refractivity contribution in [2.75, 3.05) is 0 Å². The van der Waals surface area contributed by atoms with Crippen LogP contribution in [0.5, 0.6) is 0 Å². The maximum Gasteiger partial charge on any atom is 0.233 e. The molecule has 0 saturated heterocycles. The quantitative estimate of drug-likeness (QED) is 0.538. The first kappa shape index (κ1) is 10.8. The van der Waals surface area contributed by atoms with Gasteiger partial charge in [0.1, 0.15) is 0 Å². The summed E-state index contributed by atoms with van der Waals surface area (Å²) < 4.78 is -4.28. The largest absolute Gasteiger partial charge is 0.294 e. The third kappa shape index (κ3) is 3.23. The molecular formula is C3H4Cl4N2O. The standard InChI is InChI=1S/C3H4Cl4N2O/c4-2(5,8)1(10)3(6,7)9/h8-9H2. The topological polar surface area (TPSA) is 69.1 Å². The number of halogens is 4. The van der Waals surface area contributed by atoms with Crippen LogP contribution >= 0.6 is 46.4 Å². The predicted molar refractivity (Wildman–Crippen MR) is 42.3 cm³/mol. The van der Waals surface area contributed by atoms with Gasteiger partial charge >= 0.3 is 0 Å². The van der Waals surface area contributed by atoms with Crippen LogP contribution in [0.4, 0.5) is 0 Å². The summed E-state index contributed by atoms with van der Waals surface area (Å²) in [6, 6.07) is 0. The molecule has 0 unspecified atom stereocenters. The van der Waals surface area contributed by atoms with Crippen molar-refractivity contribution >= 4 is 52.2 Å². The highest BCUT2D eigenvalue weighted by Crippen LogP contribution is 2.25. The molecule has 0 aromatic carbocycles. The monoisotopic (exact) mass is 224 g/mol. The van der Waals surface area contributed by atoms with E-state index in [1.807, 2.05) is 0 Å². The minimum Gasteiger partial charge on any atom is -0.294 e. The molecule has 7 heteroatoms. The number of rotatable bonds is 2. The van der Waals surface area contributed by atoms with E-state index in [0.717, 1.165) is 0 Å². The first-order chi connectivity index (χ1) is 4.15. The average Bonchev–Trinajstić information content (AvgIpc) is 1.59. The van der Waals surface area contributed by atoms with E-state index in [1.54, 1.807) is 0 Å². The number of ketones is 1. The lowest BCUT2D eigenvalue weighted by molar-refractivity contribution is -0.120. The van der Waals surface area contributed by atoms with E-state index in [1.165, 1.54) is 0 Å². The summed E-state index contributed by atoms with van der Waals surface area (Å²) in [5.41, 5.74) is 9.80. The summed E-state index contributed by atoms with van der Waals surface area (Å²) in [5.74, 6) is -1.06. The van der Waals surface area contributed by atoms with E-state index < -0.39 is 14.7 Å². The molecule has 60 valence electrons. The van der Waals surface area contributed by atoms with E-state index in [2.05, 4.69) is 0 Å². The van der Waals surface area contributed by atoms with Crippen LogP contribution in [0.2, 0.25) is 0 Å². The Balaban J connectivity index is 4.40. The Morgan fingerprint density at radius 2 is 1.20 bits per heavy atom. The van der Waals surface area contributed by atoms with E-state index >= 15 is 0 Å². The highest BCUT2D eigenvalue weighted by Gasteiger charge is 2.41. The average molecular weight is 226 g/mol. The Bertz CT molecular complexity index is 130. The molecule has 10 heavy (non-hydrogen) atoms. The van der Waals surface area contributed by atoms with Crippen molar-refractivity contribution in [1.29, 1.82) is 0 Å². The highest BCUT2D eigenvalue weighted by molar-refractivity contribution is 6.67. The van der Waals surface area contributed by atoms with Gasteiger partial charge in [-0.3, -0.25) is 16.3 Å². The summed E-state index contributed by atoms with van der Waals surface area (Å²) >= 11 is 20.5. The first-order valence-electron chi connectivity index (χ1n) is 2.04. The van der Waals surface area contributed by atoms with Crippen LogP contribution in [0.1, 0.15) is 0 Å². The van der Waals surface area contributed by atoms with Gasteiger partial charge in [-0.25, -0.2) is 0 Å². The molecule has 0 aliphatic heterocycles. The lowest BCUT2D eigenvalue weighted by Crippen LogP contribution is -2.50. The fourth-order valence-corrected chi connectivity index (χ4v) is 1.01. The minimum atomic E-state index is -2.14. The molecular weight excluding hydrogens is 222 g/mol. The van der Waals surface area contributed by atoms with Gasteiger partial charge in [-0.15, -0.1) is 0 Å². The fraction of sp³-hybridized carbons (Fsp3) is 0.667. The molecule has 0 fully saturated rings. The zero-order chi connectivity index (χ0) is 8.58. The maximum absolute atomic E-state index is 10.7. The fourth-order valence-electron chi connectivity index (χ4n) is 0.222. The first-order valence-corrected chi connectivity index (χ1v) is 3.55. The van der Waals surface area contributed by atoms with Crippen molar-refractivity contribution in [3.8, 4) is 0 Å². The number of nitrogens with two attached hydrogens (primary N) is 2. The molecule has 0 aliphatic carbocycles. The zero-order valence-corrected chi connectivity index (χ0v) is 7.60. The lowest BCUT2D eigenvalue weighted by Gasteiger charge is -2.18. The lowest BCUT2D eigenvalue weighted by atomic mass is 10.4. The van der Waals surface area contributed by atoms with Gasteiger partial charge < -0.3 is 0 Å². The van der Waals surface area contributed by atoms with Gasteiger partial charge in [0.2, 0.25) is 14.7 Å². The van der Waals surface area contributed by atoms with Crippen LogP contribution in [-0.2, 0) is 4.79 Å². The van der Waals surface area contributed by atoms with Crippen LogP contribution in [0.3, 0.4) is 0 Å². The van der Waals surface area contributed by atoms with E-state index in [-0.39, 0.29) is 0 Å². The molecule has 0 atom stereocenters. The summed E-state index contributed by atoms with van der Waals surface area (Å²) in [4.78, 5) is 10.7. The van der Waals surface area contributed by atoms with Crippen LogP contribution in [-0.4, -0.2) is 14.7 Å². The van der Waals surface area contributed by atoms with E-state index in [0.29, 0.717) is 0 Å². The number of alkyl halides is 4. The number of carbonyl (C=O) groups excluding carboxylic acids is 1. The number of carbonyl (C=O) groups is 1. The molecule has 0 aliphatic rings. The Kier molecular flexibility index (Phi) is 3.23. The summed E-state index contributed by atoms with van der Waals surface area (Å²) in [5, 5.41) is 0. The molecule has 0 spiro atoms. The highest BCUT2D eigenvalue weighted by atomic mass is 35.5. The molecule has 0 aromatic rings. The molecule has 4 N–H and O–H groups in total. The molecule has 3 nitrogen and oxygen atoms in total. The van der Waals surface area contributed by atoms with E-state index in [9.17, 15) is 4.79 Å². The molecule has 0 heterocycles. The maximum atomic E-state index is 10.7. The normalized spacial score (nSPS) is 13.4. The number of hydrogen-bond donors (Lipinski definition) is 2. The predicted octanol–water partition coefficient (Wildman–Crippen LogP) is 0.736. The van der Waals surface area contributed by atoms with Crippen molar-refractivity contribution in [2.24, 2.45) is 11.5 Å². The molecule has 0 aromatic heterocycles. The Labute approximate surface area is 77.5 Å². The molecule has 0 bridgehead atoms. The van der Waals surface area contributed by atoms with Crippen LogP contribution in [0, 0.1) is 0 Å². The SMILES string of the molecule is NC(Cl)(Cl)C(=O)C(N)(Cl)Cl. The number of Topliss-reactive ketones (excluding diaryl/α,β-unsaturated/α-hetero) is 1. The van der Waals surface area contributed by atoms with Gasteiger partial charge in [0, 0.05) is 0 Å². The molecule has 0 saturated carbocycles. The van der Waals surface area contributed by atoms with Crippen molar-refractivity contribution < 1.29 is 4.79 Å². The second-order valence-electron chi connectivity index (χ2n) is 1.58. The third-order valence-electron chi connectivity index (χ3n) is 0.605. The molecule has 0 radical (unpaired) electrons. The zero-order valence-electron chi connectivity index (χ0n) is 4.57.